The predicted octanol–water partition coefficient (Wildman–Crippen LogP) is 5.13. The quantitative estimate of drug-likeness (QED) is 0.378. The molecule has 3 aromatic carbocycles. The number of carbonyl (C=O) groups is 1. The highest BCUT2D eigenvalue weighted by Crippen LogP contribution is 2.24. The molecule has 4 aromatic rings. The zero-order valence-electron chi connectivity index (χ0n) is 18.4. The van der Waals surface area contributed by atoms with E-state index >= 15 is 0 Å². The van der Waals surface area contributed by atoms with Crippen molar-refractivity contribution in [2.75, 3.05) is 36.8 Å². The van der Waals surface area contributed by atoms with Gasteiger partial charge in [-0.3, -0.25) is 4.79 Å². The Bertz CT molecular complexity index is 1220. The molecule has 1 aliphatic rings. The highest BCUT2D eigenvalue weighted by Gasteiger charge is 2.22. The Hall–Kier alpha value is -3.38. The predicted molar refractivity (Wildman–Crippen MR) is 136 cm³/mol. The van der Waals surface area contributed by atoms with Gasteiger partial charge in [0, 0.05) is 48.8 Å². The average molecular weight is 455 g/mol. The average Bonchev–Trinajstić information content (AvgIpc) is 2.89. The Morgan fingerprint density at radius 1 is 0.788 bits per heavy atom. The fourth-order valence-corrected chi connectivity index (χ4v) is 4.97. The van der Waals surface area contributed by atoms with E-state index in [-0.39, 0.29) is 5.91 Å². The number of amides is 1. The number of piperazine rings is 1. The Morgan fingerprint density at radius 3 is 2.30 bits per heavy atom. The lowest BCUT2D eigenvalue weighted by Crippen LogP contribution is -2.49. The lowest BCUT2D eigenvalue weighted by molar-refractivity contribution is -0.131. The first-order chi connectivity index (χ1) is 16.3. The standard InChI is InChI=1S/C27H26N4OS/c32-27(14-19-33-24-8-2-1-3-9-24)31-17-15-30(16-18-31)26-13-12-25(28-29-26)23-11-10-21-6-4-5-7-22(21)20-23/h1-13,20H,14-19H2. The summed E-state index contributed by atoms with van der Waals surface area (Å²) in [6.07, 6.45) is 0.569. The number of anilines is 1. The smallest absolute Gasteiger partial charge is 0.223 e. The summed E-state index contributed by atoms with van der Waals surface area (Å²) >= 11 is 1.73. The molecule has 1 amide bonds. The van der Waals surface area contributed by atoms with Gasteiger partial charge in [0.1, 0.15) is 0 Å². The van der Waals surface area contributed by atoms with Crippen molar-refractivity contribution >= 4 is 34.3 Å². The van der Waals surface area contributed by atoms with Crippen molar-refractivity contribution in [3.05, 3.63) is 84.9 Å². The molecular formula is C27H26N4OS. The monoisotopic (exact) mass is 454 g/mol. The summed E-state index contributed by atoms with van der Waals surface area (Å²) in [4.78, 5) is 18.0. The first-order valence-corrected chi connectivity index (χ1v) is 12.3. The summed E-state index contributed by atoms with van der Waals surface area (Å²) in [5.41, 5.74) is 1.94. The second-order valence-electron chi connectivity index (χ2n) is 8.12. The number of nitrogens with zero attached hydrogens (tertiary/aromatic N) is 4. The number of hydrogen-bond acceptors (Lipinski definition) is 5. The molecule has 0 saturated carbocycles. The largest absolute Gasteiger partial charge is 0.352 e. The summed E-state index contributed by atoms with van der Waals surface area (Å²) in [6, 6.07) is 29.0. The Labute approximate surface area is 198 Å². The van der Waals surface area contributed by atoms with Gasteiger partial charge in [0.25, 0.3) is 0 Å². The summed E-state index contributed by atoms with van der Waals surface area (Å²) in [5.74, 6) is 1.91. The molecule has 5 rings (SSSR count). The minimum Gasteiger partial charge on any atom is -0.352 e. The molecule has 0 atom stereocenters. The van der Waals surface area contributed by atoms with E-state index in [0.717, 1.165) is 49.0 Å². The lowest BCUT2D eigenvalue weighted by Gasteiger charge is -2.35. The van der Waals surface area contributed by atoms with E-state index in [4.69, 9.17) is 0 Å². The molecule has 2 heterocycles. The molecule has 166 valence electrons. The van der Waals surface area contributed by atoms with Gasteiger partial charge in [0.05, 0.1) is 5.69 Å². The van der Waals surface area contributed by atoms with Gasteiger partial charge in [-0.15, -0.1) is 22.0 Å². The van der Waals surface area contributed by atoms with Crippen LogP contribution in [0.1, 0.15) is 6.42 Å². The highest BCUT2D eigenvalue weighted by molar-refractivity contribution is 7.99. The first-order valence-electron chi connectivity index (χ1n) is 11.3. The second kappa shape index (κ2) is 10.0. The molecular weight excluding hydrogens is 428 g/mol. The number of fused-ring (bicyclic) bond motifs is 1. The molecule has 0 spiro atoms. The maximum absolute atomic E-state index is 12.6. The minimum absolute atomic E-state index is 0.232. The van der Waals surface area contributed by atoms with E-state index in [1.54, 1.807) is 11.8 Å². The third-order valence-electron chi connectivity index (χ3n) is 5.98. The SMILES string of the molecule is O=C(CCSc1ccccc1)N1CCN(c2ccc(-c3ccc4ccccc4c3)nn2)CC1. The Kier molecular flexibility index (Phi) is 6.53. The zero-order chi connectivity index (χ0) is 22.5. The molecule has 1 aliphatic heterocycles. The lowest BCUT2D eigenvalue weighted by atomic mass is 10.1. The van der Waals surface area contributed by atoms with Crippen LogP contribution in [-0.2, 0) is 4.79 Å². The summed E-state index contributed by atoms with van der Waals surface area (Å²) in [6.45, 7) is 3.01. The number of thioether (sulfide) groups is 1. The topological polar surface area (TPSA) is 49.3 Å². The van der Waals surface area contributed by atoms with Crippen LogP contribution in [0.5, 0.6) is 0 Å². The van der Waals surface area contributed by atoms with Crippen LogP contribution in [0, 0.1) is 0 Å². The Morgan fingerprint density at radius 2 is 1.55 bits per heavy atom. The molecule has 5 nitrogen and oxygen atoms in total. The van der Waals surface area contributed by atoms with Gasteiger partial charge in [0.2, 0.25) is 5.91 Å². The first kappa shape index (κ1) is 21.5. The third-order valence-corrected chi connectivity index (χ3v) is 6.99. The van der Waals surface area contributed by atoms with Crippen LogP contribution in [0.15, 0.2) is 89.8 Å². The van der Waals surface area contributed by atoms with Gasteiger partial charge in [0.15, 0.2) is 5.82 Å². The summed E-state index contributed by atoms with van der Waals surface area (Å²) in [7, 11) is 0. The number of carbonyl (C=O) groups excluding carboxylic acids is 1. The van der Waals surface area contributed by atoms with E-state index in [0.29, 0.717) is 6.42 Å². The van der Waals surface area contributed by atoms with Crippen molar-refractivity contribution < 1.29 is 4.79 Å². The summed E-state index contributed by atoms with van der Waals surface area (Å²) < 4.78 is 0. The molecule has 6 heteroatoms. The van der Waals surface area contributed by atoms with Crippen LogP contribution >= 0.6 is 11.8 Å². The van der Waals surface area contributed by atoms with Gasteiger partial charge in [-0.1, -0.05) is 54.6 Å². The van der Waals surface area contributed by atoms with Crippen LogP contribution in [0.4, 0.5) is 5.82 Å². The molecule has 0 N–H and O–H groups in total. The molecule has 0 bridgehead atoms. The third kappa shape index (κ3) is 5.17. The van der Waals surface area contributed by atoms with E-state index in [2.05, 4.69) is 57.6 Å². The highest BCUT2D eigenvalue weighted by atomic mass is 32.2. The van der Waals surface area contributed by atoms with E-state index in [9.17, 15) is 4.79 Å². The van der Waals surface area contributed by atoms with Crippen LogP contribution < -0.4 is 4.90 Å². The van der Waals surface area contributed by atoms with Gasteiger partial charge < -0.3 is 9.80 Å². The molecule has 1 fully saturated rings. The summed E-state index contributed by atoms with van der Waals surface area (Å²) in [5, 5.41) is 11.4. The second-order valence-corrected chi connectivity index (χ2v) is 9.29. The minimum atomic E-state index is 0.232. The van der Waals surface area contributed by atoms with Crippen LogP contribution in [0.25, 0.3) is 22.0 Å². The normalized spacial score (nSPS) is 13.9. The van der Waals surface area contributed by atoms with Crippen LogP contribution in [0.3, 0.4) is 0 Å². The fraction of sp³-hybridized carbons (Fsp3) is 0.222. The van der Waals surface area contributed by atoms with Crippen molar-refractivity contribution in [2.45, 2.75) is 11.3 Å². The van der Waals surface area contributed by atoms with Gasteiger partial charge >= 0.3 is 0 Å². The van der Waals surface area contributed by atoms with Crippen molar-refractivity contribution in [3.63, 3.8) is 0 Å². The molecule has 0 unspecified atom stereocenters. The molecule has 0 aliphatic carbocycles. The van der Waals surface area contributed by atoms with Gasteiger partial charge in [-0.25, -0.2) is 0 Å². The fourth-order valence-electron chi connectivity index (χ4n) is 4.11. The molecule has 1 aromatic heterocycles. The van der Waals surface area contributed by atoms with E-state index in [1.165, 1.54) is 15.7 Å². The van der Waals surface area contributed by atoms with Crippen molar-refractivity contribution in [1.29, 1.82) is 0 Å². The molecule has 0 radical (unpaired) electrons. The van der Waals surface area contributed by atoms with Crippen LogP contribution in [0.2, 0.25) is 0 Å². The molecule has 1 saturated heterocycles. The number of hydrogen-bond donors (Lipinski definition) is 0. The number of benzene rings is 3. The zero-order valence-corrected chi connectivity index (χ0v) is 19.2. The van der Waals surface area contributed by atoms with Crippen molar-refractivity contribution in [3.8, 4) is 11.3 Å². The Balaban J connectivity index is 1.14. The van der Waals surface area contributed by atoms with Crippen molar-refractivity contribution in [1.82, 2.24) is 15.1 Å². The number of aromatic nitrogens is 2. The van der Waals surface area contributed by atoms with Gasteiger partial charge in [-0.05, 0) is 41.1 Å². The van der Waals surface area contributed by atoms with E-state index in [1.807, 2.05) is 47.4 Å². The van der Waals surface area contributed by atoms with Crippen molar-refractivity contribution in [2.24, 2.45) is 0 Å². The number of rotatable bonds is 6. The molecule has 33 heavy (non-hydrogen) atoms. The van der Waals surface area contributed by atoms with E-state index < -0.39 is 0 Å². The van der Waals surface area contributed by atoms with Gasteiger partial charge in [-0.2, -0.15) is 0 Å². The maximum Gasteiger partial charge on any atom is 0.223 e. The van der Waals surface area contributed by atoms with Crippen LogP contribution in [-0.4, -0.2) is 52.9 Å². The maximum atomic E-state index is 12.6.